The summed E-state index contributed by atoms with van der Waals surface area (Å²) in [4.78, 5) is 13.2. The van der Waals surface area contributed by atoms with Gasteiger partial charge in [-0.2, -0.15) is 18.3 Å². The van der Waals surface area contributed by atoms with E-state index in [1.807, 2.05) is 6.07 Å². The third-order valence-electron chi connectivity index (χ3n) is 7.21. The number of nitrogens with zero attached hydrogens (tertiary/aromatic N) is 4. The molecule has 2 atom stereocenters. The highest BCUT2D eigenvalue weighted by Crippen LogP contribution is 2.32. The van der Waals surface area contributed by atoms with Gasteiger partial charge in [0.1, 0.15) is 6.54 Å². The number of nitrogens with one attached hydrogen (secondary N) is 1. The number of hydrogen-bond donors (Lipinski definition) is 3. The fourth-order valence-electron chi connectivity index (χ4n) is 5.22. The SMILES string of the molecule is CN1CCC(Nc2cccc3c2cc(C#CCN)n3CC(F)(F)F)C(CCOCCOCCn2ccc(C(=O)O)n2)C1. The number of ether oxygens (including phenoxy) is 2. The number of alkyl halides is 3. The molecule has 0 bridgehead atoms. The van der Waals surface area contributed by atoms with E-state index in [0.29, 0.717) is 43.9 Å². The van der Waals surface area contributed by atoms with E-state index in [9.17, 15) is 18.0 Å². The Hall–Kier alpha value is -3.57. The molecule has 0 aliphatic carbocycles. The average molecular weight is 591 g/mol. The Kier molecular flexibility index (Phi) is 10.9. The number of rotatable bonds is 13. The van der Waals surface area contributed by atoms with Crippen LogP contribution in [0.15, 0.2) is 36.5 Å². The highest BCUT2D eigenvalue weighted by Gasteiger charge is 2.31. The van der Waals surface area contributed by atoms with Crippen LogP contribution in [0.3, 0.4) is 0 Å². The predicted octanol–water partition coefficient (Wildman–Crippen LogP) is 3.26. The molecule has 1 aliphatic heterocycles. The molecule has 4 rings (SSSR count). The molecule has 0 amide bonds. The van der Waals surface area contributed by atoms with Crippen molar-refractivity contribution in [3.05, 3.63) is 47.9 Å². The summed E-state index contributed by atoms with van der Waals surface area (Å²) in [6.07, 6.45) is -1.08. The van der Waals surface area contributed by atoms with Gasteiger partial charge in [0.05, 0.1) is 44.1 Å². The van der Waals surface area contributed by atoms with Crippen LogP contribution >= 0.6 is 0 Å². The Balaban J connectivity index is 1.31. The van der Waals surface area contributed by atoms with Crippen molar-refractivity contribution in [1.82, 2.24) is 19.2 Å². The van der Waals surface area contributed by atoms with Crippen LogP contribution in [0.2, 0.25) is 0 Å². The van der Waals surface area contributed by atoms with Crippen molar-refractivity contribution in [3.8, 4) is 11.8 Å². The number of piperidine rings is 1. The lowest BCUT2D eigenvalue weighted by atomic mass is 9.89. The number of carbonyl (C=O) groups is 1. The maximum Gasteiger partial charge on any atom is 0.406 e. The van der Waals surface area contributed by atoms with Crippen LogP contribution in [0.4, 0.5) is 18.9 Å². The summed E-state index contributed by atoms with van der Waals surface area (Å²) in [7, 11) is 2.08. The van der Waals surface area contributed by atoms with Crippen molar-refractivity contribution in [1.29, 1.82) is 0 Å². The molecule has 0 radical (unpaired) electrons. The zero-order chi connectivity index (χ0) is 30.1. The number of halogens is 3. The summed E-state index contributed by atoms with van der Waals surface area (Å²) in [5.74, 6) is 4.69. The quantitative estimate of drug-likeness (QED) is 0.205. The lowest BCUT2D eigenvalue weighted by Crippen LogP contribution is -2.45. The molecular weight excluding hydrogens is 553 g/mol. The number of aromatic carboxylic acids is 1. The van der Waals surface area contributed by atoms with Crippen molar-refractivity contribution in [2.24, 2.45) is 11.7 Å². The normalized spacial score (nSPS) is 17.7. The molecular formula is C29H37F3N6O4. The monoisotopic (exact) mass is 590 g/mol. The van der Waals surface area contributed by atoms with E-state index in [-0.39, 0.29) is 29.9 Å². The number of carboxylic acid groups (broad SMARTS) is 1. The highest BCUT2D eigenvalue weighted by molar-refractivity contribution is 5.94. The topological polar surface area (TPSA) is 120 Å². The van der Waals surface area contributed by atoms with Crippen molar-refractivity contribution < 1.29 is 32.5 Å². The molecule has 1 aromatic carbocycles. The van der Waals surface area contributed by atoms with E-state index in [0.717, 1.165) is 31.6 Å². The van der Waals surface area contributed by atoms with Crippen molar-refractivity contribution in [3.63, 3.8) is 0 Å². The maximum atomic E-state index is 13.4. The van der Waals surface area contributed by atoms with E-state index in [2.05, 4.69) is 34.2 Å². The minimum Gasteiger partial charge on any atom is -0.476 e. The molecule has 1 aliphatic rings. The Labute approximate surface area is 242 Å². The van der Waals surface area contributed by atoms with Gasteiger partial charge in [-0.1, -0.05) is 12.0 Å². The minimum absolute atomic E-state index is 0.00223. The fourth-order valence-corrected chi connectivity index (χ4v) is 5.22. The van der Waals surface area contributed by atoms with Gasteiger partial charge >= 0.3 is 12.1 Å². The van der Waals surface area contributed by atoms with Gasteiger partial charge in [-0.05, 0) is 62.5 Å². The summed E-state index contributed by atoms with van der Waals surface area (Å²) in [5.41, 5.74) is 7.02. The molecule has 1 saturated heterocycles. The molecule has 42 heavy (non-hydrogen) atoms. The number of benzene rings is 1. The Morgan fingerprint density at radius 3 is 2.71 bits per heavy atom. The van der Waals surface area contributed by atoms with Gasteiger partial charge in [-0.3, -0.25) is 4.68 Å². The third kappa shape index (κ3) is 8.72. The van der Waals surface area contributed by atoms with Crippen molar-refractivity contribution in [2.45, 2.75) is 38.1 Å². The van der Waals surface area contributed by atoms with Gasteiger partial charge < -0.3 is 35.1 Å². The third-order valence-corrected chi connectivity index (χ3v) is 7.21. The van der Waals surface area contributed by atoms with E-state index < -0.39 is 18.7 Å². The van der Waals surface area contributed by atoms with Gasteiger partial charge in [0.2, 0.25) is 0 Å². The molecule has 1 fully saturated rings. The number of carboxylic acids is 1. The summed E-state index contributed by atoms with van der Waals surface area (Å²) < 4.78 is 54.3. The van der Waals surface area contributed by atoms with Crippen LogP contribution in [0, 0.1) is 17.8 Å². The molecule has 10 nitrogen and oxygen atoms in total. The zero-order valence-corrected chi connectivity index (χ0v) is 23.6. The molecule has 3 heterocycles. The lowest BCUT2D eigenvalue weighted by Gasteiger charge is -2.38. The number of anilines is 1. The summed E-state index contributed by atoms with van der Waals surface area (Å²) in [6, 6.07) is 8.62. The van der Waals surface area contributed by atoms with Crippen molar-refractivity contribution >= 4 is 22.6 Å². The second kappa shape index (κ2) is 14.6. The highest BCUT2D eigenvalue weighted by atomic mass is 19.4. The molecule has 228 valence electrons. The van der Waals surface area contributed by atoms with Crippen LogP contribution in [0.1, 0.15) is 29.0 Å². The molecule has 2 aromatic heterocycles. The summed E-state index contributed by atoms with van der Waals surface area (Å²) in [6.45, 7) is 2.94. The fraction of sp³-hybridized carbons (Fsp3) is 0.517. The second-order valence-electron chi connectivity index (χ2n) is 10.3. The van der Waals surface area contributed by atoms with E-state index >= 15 is 0 Å². The van der Waals surface area contributed by atoms with Gasteiger partial charge in [0.25, 0.3) is 0 Å². The first-order valence-corrected chi connectivity index (χ1v) is 13.9. The summed E-state index contributed by atoms with van der Waals surface area (Å²) >= 11 is 0. The first kappa shape index (κ1) is 31.4. The Morgan fingerprint density at radius 1 is 1.21 bits per heavy atom. The first-order chi connectivity index (χ1) is 20.1. The standard InChI is InChI=1S/C29H37F3N6O4/c1-36-11-7-24(21(19-36)9-14-41-16-17-42-15-13-37-12-8-26(35-37)28(39)40)34-25-5-2-6-27-23(25)18-22(4-3-10-33)38(27)20-29(30,31)32/h2,5-6,8,12,18,21,24,34H,7,9-11,13-17,19-20,33H2,1H3,(H,39,40). The number of aromatic nitrogens is 3. The minimum atomic E-state index is -4.38. The van der Waals surface area contributed by atoms with Gasteiger partial charge in [0.15, 0.2) is 5.69 Å². The molecule has 3 aromatic rings. The molecule has 2 unspecified atom stereocenters. The van der Waals surface area contributed by atoms with Gasteiger partial charge in [-0.15, -0.1) is 0 Å². The average Bonchev–Trinajstić information content (AvgIpc) is 3.55. The van der Waals surface area contributed by atoms with E-state index in [4.69, 9.17) is 20.3 Å². The van der Waals surface area contributed by atoms with Crippen molar-refractivity contribution in [2.75, 3.05) is 58.4 Å². The van der Waals surface area contributed by atoms with Crippen LogP contribution in [0.5, 0.6) is 0 Å². The number of likely N-dealkylation sites (tertiary alicyclic amines) is 1. The van der Waals surface area contributed by atoms with Crippen LogP contribution < -0.4 is 11.1 Å². The number of nitrogens with two attached hydrogens (primary N) is 1. The first-order valence-electron chi connectivity index (χ1n) is 13.9. The zero-order valence-electron chi connectivity index (χ0n) is 23.6. The van der Waals surface area contributed by atoms with E-state index in [1.54, 1.807) is 24.4 Å². The predicted molar refractivity (Wildman–Crippen MR) is 152 cm³/mol. The Bertz CT molecular complexity index is 1390. The second-order valence-corrected chi connectivity index (χ2v) is 10.3. The number of fused-ring (bicyclic) bond motifs is 1. The van der Waals surface area contributed by atoms with Gasteiger partial charge in [0, 0.05) is 36.5 Å². The van der Waals surface area contributed by atoms with E-state index in [1.165, 1.54) is 15.3 Å². The lowest BCUT2D eigenvalue weighted by molar-refractivity contribution is -0.140. The summed E-state index contributed by atoms with van der Waals surface area (Å²) in [5, 5.41) is 17.2. The maximum absolute atomic E-state index is 13.4. The Morgan fingerprint density at radius 2 is 2.00 bits per heavy atom. The van der Waals surface area contributed by atoms with Crippen LogP contribution in [-0.4, -0.2) is 95.7 Å². The molecule has 4 N–H and O–H groups in total. The smallest absolute Gasteiger partial charge is 0.406 e. The van der Waals surface area contributed by atoms with Gasteiger partial charge in [-0.25, -0.2) is 4.79 Å². The molecule has 13 heteroatoms. The van der Waals surface area contributed by atoms with Crippen LogP contribution in [0.25, 0.3) is 10.9 Å². The molecule has 0 spiro atoms. The molecule has 0 saturated carbocycles. The number of hydrogen-bond acceptors (Lipinski definition) is 7. The largest absolute Gasteiger partial charge is 0.476 e. The van der Waals surface area contributed by atoms with Crippen LogP contribution in [-0.2, 0) is 22.6 Å².